The summed E-state index contributed by atoms with van der Waals surface area (Å²) in [6.45, 7) is 5.60. The van der Waals surface area contributed by atoms with E-state index in [4.69, 9.17) is 21.7 Å². The lowest BCUT2D eigenvalue weighted by atomic mass is 10.2. The number of rotatable bonds is 12. The summed E-state index contributed by atoms with van der Waals surface area (Å²) in [5, 5.41) is 5.98. The van der Waals surface area contributed by atoms with Gasteiger partial charge in [0, 0.05) is 5.56 Å². The lowest BCUT2D eigenvalue weighted by Crippen LogP contribution is -2.34. The third kappa shape index (κ3) is 8.87. The van der Waals surface area contributed by atoms with Gasteiger partial charge in [0.1, 0.15) is 11.5 Å². The molecule has 7 heteroatoms. The Morgan fingerprint density at radius 1 is 0.935 bits per heavy atom. The van der Waals surface area contributed by atoms with Crippen molar-refractivity contribution in [1.29, 1.82) is 0 Å². The minimum atomic E-state index is -0.294. The maximum atomic E-state index is 12.6. The van der Waals surface area contributed by atoms with Gasteiger partial charge in [0.25, 0.3) is 5.91 Å². The molecule has 0 spiro atoms. The molecule has 0 aliphatic heterocycles. The molecule has 0 bridgehead atoms. The van der Waals surface area contributed by atoms with Gasteiger partial charge in [0.15, 0.2) is 5.11 Å². The number of ether oxygens (including phenoxy) is 2. The van der Waals surface area contributed by atoms with Crippen molar-refractivity contribution in [3.05, 3.63) is 52.5 Å². The quantitative estimate of drug-likeness (QED) is 0.247. The average molecular weight is 507 g/mol. The van der Waals surface area contributed by atoms with Crippen LogP contribution in [0.4, 0.5) is 5.69 Å². The number of carbonyl (C=O) groups is 1. The maximum Gasteiger partial charge on any atom is 0.257 e. The fourth-order valence-electron chi connectivity index (χ4n) is 2.82. The van der Waals surface area contributed by atoms with Gasteiger partial charge >= 0.3 is 0 Å². The zero-order valence-corrected chi connectivity index (χ0v) is 20.6. The number of carbonyl (C=O) groups excluding carboxylic acids is 1. The number of para-hydroxylation sites is 2. The molecule has 0 fully saturated rings. The highest BCUT2D eigenvalue weighted by Gasteiger charge is 2.12. The van der Waals surface area contributed by atoms with Crippen LogP contribution in [0.3, 0.4) is 0 Å². The number of hydrogen-bond donors (Lipinski definition) is 2. The molecule has 2 aromatic carbocycles. The summed E-state index contributed by atoms with van der Waals surface area (Å²) >= 11 is 8.81. The topological polar surface area (TPSA) is 59.6 Å². The molecule has 2 N–H and O–H groups in total. The van der Waals surface area contributed by atoms with Crippen molar-refractivity contribution in [2.75, 3.05) is 18.5 Å². The molecule has 2 aromatic rings. The number of amides is 1. The molecule has 168 valence electrons. The molecule has 31 heavy (non-hydrogen) atoms. The third-order valence-electron chi connectivity index (χ3n) is 4.57. The summed E-state index contributed by atoms with van der Waals surface area (Å²) in [4.78, 5) is 12.6. The second-order valence-corrected chi connectivity index (χ2v) is 8.42. The molecule has 5 nitrogen and oxygen atoms in total. The minimum Gasteiger partial charge on any atom is -0.492 e. The van der Waals surface area contributed by atoms with Crippen LogP contribution in [0.2, 0.25) is 0 Å². The lowest BCUT2D eigenvalue weighted by molar-refractivity contribution is 0.0977. The standard InChI is InChI=1S/C24H31BrN2O3S/c1-3-5-7-10-16-29-21-14-13-18(17-19(21)25)23(28)27-24(31)26-20-11-8-9-12-22(20)30-15-6-4-2/h8-9,11-14,17H,3-7,10,15-16H2,1-2H3,(H2,26,27,28,31). The van der Waals surface area contributed by atoms with E-state index in [1.165, 1.54) is 12.8 Å². The first-order valence-electron chi connectivity index (χ1n) is 10.8. The van der Waals surface area contributed by atoms with Gasteiger partial charge < -0.3 is 14.8 Å². The molecule has 1 amide bonds. The van der Waals surface area contributed by atoms with Crippen LogP contribution in [0.15, 0.2) is 46.9 Å². The van der Waals surface area contributed by atoms with Gasteiger partial charge in [-0.25, -0.2) is 0 Å². The van der Waals surface area contributed by atoms with Crippen LogP contribution in [-0.4, -0.2) is 24.2 Å². The Balaban J connectivity index is 1.90. The summed E-state index contributed by atoms with van der Waals surface area (Å²) in [5.74, 6) is 1.14. The van der Waals surface area contributed by atoms with Gasteiger partial charge in [0.05, 0.1) is 23.4 Å². The van der Waals surface area contributed by atoms with Gasteiger partial charge in [-0.3, -0.25) is 10.1 Å². The third-order valence-corrected chi connectivity index (χ3v) is 5.39. The smallest absolute Gasteiger partial charge is 0.257 e. The van der Waals surface area contributed by atoms with Crippen LogP contribution in [-0.2, 0) is 0 Å². The van der Waals surface area contributed by atoms with Gasteiger partial charge in [-0.1, -0.05) is 51.7 Å². The van der Waals surface area contributed by atoms with Crippen LogP contribution in [0.1, 0.15) is 62.7 Å². The molecule has 0 unspecified atom stereocenters. The molecule has 0 radical (unpaired) electrons. The first kappa shape index (κ1) is 25.1. The Hall–Kier alpha value is -2.12. The number of anilines is 1. The van der Waals surface area contributed by atoms with Crippen molar-refractivity contribution in [2.45, 2.75) is 52.4 Å². The zero-order chi connectivity index (χ0) is 22.5. The van der Waals surface area contributed by atoms with E-state index in [0.29, 0.717) is 24.5 Å². The van der Waals surface area contributed by atoms with Crippen LogP contribution in [0.25, 0.3) is 0 Å². The number of benzene rings is 2. The molecule has 0 aliphatic carbocycles. The van der Waals surface area contributed by atoms with E-state index >= 15 is 0 Å². The van der Waals surface area contributed by atoms with Crippen LogP contribution < -0.4 is 20.1 Å². The van der Waals surface area contributed by atoms with Gasteiger partial charge in [-0.2, -0.15) is 0 Å². The van der Waals surface area contributed by atoms with E-state index in [-0.39, 0.29) is 11.0 Å². The number of nitrogens with one attached hydrogen (secondary N) is 2. The second kappa shape index (κ2) is 14.0. The Bertz CT molecular complexity index is 860. The Labute approximate surface area is 199 Å². The van der Waals surface area contributed by atoms with Crippen molar-refractivity contribution >= 4 is 44.9 Å². The van der Waals surface area contributed by atoms with Gasteiger partial charge in [-0.05, 0) is 71.3 Å². The highest BCUT2D eigenvalue weighted by atomic mass is 79.9. The SMILES string of the molecule is CCCCCCOc1ccc(C(=O)NC(=S)Nc2ccccc2OCCCC)cc1Br. The molecule has 0 aliphatic rings. The van der Waals surface area contributed by atoms with E-state index in [9.17, 15) is 4.79 Å². The van der Waals surface area contributed by atoms with Crippen molar-refractivity contribution < 1.29 is 14.3 Å². The number of hydrogen-bond acceptors (Lipinski definition) is 4. The Morgan fingerprint density at radius 2 is 1.65 bits per heavy atom. The number of thiocarbonyl (C=S) groups is 1. The molecular formula is C24H31BrN2O3S. The Morgan fingerprint density at radius 3 is 2.39 bits per heavy atom. The molecule has 2 rings (SSSR count). The summed E-state index contributed by atoms with van der Waals surface area (Å²) in [5.41, 5.74) is 1.21. The summed E-state index contributed by atoms with van der Waals surface area (Å²) in [7, 11) is 0. The fraction of sp³-hybridized carbons (Fsp3) is 0.417. The van der Waals surface area contributed by atoms with Gasteiger partial charge in [-0.15, -0.1) is 0 Å². The molecule has 0 aromatic heterocycles. The molecular weight excluding hydrogens is 476 g/mol. The monoisotopic (exact) mass is 506 g/mol. The van der Waals surface area contributed by atoms with E-state index in [0.717, 1.165) is 41.6 Å². The average Bonchev–Trinajstić information content (AvgIpc) is 2.75. The van der Waals surface area contributed by atoms with Crippen LogP contribution >= 0.6 is 28.1 Å². The highest BCUT2D eigenvalue weighted by molar-refractivity contribution is 9.10. The van der Waals surface area contributed by atoms with E-state index in [2.05, 4.69) is 40.4 Å². The first-order chi connectivity index (χ1) is 15.0. The predicted molar refractivity (Wildman–Crippen MR) is 134 cm³/mol. The fourth-order valence-corrected chi connectivity index (χ4v) is 3.52. The summed E-state index contributed by atoms with van der Waals surface area (Å²) in [6, 6.07) is 12.8. The summed E-state index contributed by atoms with van der Waals surface area (Å²) < 4.78 is 12.3. The van der Waals surface area contributed by atoms with E-state index in [1.54, 1.807) is 18.2 Å². The first-order valence-corrected chi connectivity index (χ1v) is 12.0. The van der Waals surface area contributed by atoms with E-state index in [1.807, 2.05) is 24.3 Å². The normalized spacial score (nSPS) is 10.4. The minimum absolute atomic E-state index is 0.212. The lowest BCUT2D eigenvalue weighted by Gasteiger charge is -2.14. The largest absolute Gasteiger partial charge is 0.492 e. The number of unbranched alkanes of at least 4 members (excludes halogenated alkanes) is 4. The van der Waals surface area contributed by atoms with E-state index < -0.39 is 0 Å². The van der Waals surface area contributed by atoms with Crippen molar-refractivity contribution in [2.24, 2.45) is 0 Å². The zero-order valence-electron chi connectivity index (χ0n) is 18.2. The second-order valence-electron chi connectivity index (χ2n) is 7.16. The maximum absolute atomic E-state index is 12.6. The van der Waals surface area contributed by atoms with Crippen molar-refractivity contribution in [1.82, 2.24) is 5.32 Å². The van der Waals surface area contributed by atoms with Gasteiger partial charge in [0.2, 0.25) is 0 Å². The molecule has 0 saturated heterocycles. The van der Waals surface area contributed by atoms with Crippen molar-refractivity contribution in [3.63, 3.8) is 0 Å². The Kier molecular flexibility index (Phi) is 11.4. The van der Waals surface area contributed by atoms with Crippen LogP contribution in [0, 0.1) is 0 Å². The van der Waals surface area contributed by atoms with Crippen LogP contribution in [0.5, 0.6) is 11.5 Å². The van der Waals surface area contributed by atoms with Crippen molar-refractivity contribution in [3.8, 4) is 11.5 Å². The predicted octanol–water partition coefficient (Wildman–Crippen LogP) is 6.71. The number of halogens is 1. The molecule has 0 atom stereocenters. The molecule has 0 heterocycles. The molecule has 0 saturated carbocycles. The highest BCUT2D eigenvalue weighted by Crippen LogP contribution is 2.27. The summed E-state index contributed by atoms with van der Waals surface area (Å²) in [6.07, 6.45) is 6.62.